The molecule has 0 saturated carbocycles. The van der Waals surface area contributed by atoms with Gasteiger partial charge in [-0.1, -0.05) is 36.4 Å². The average Bonchev–Trinajstić information content (AvgIpc) is 3.45. The van der Waals surface area contributed by atoms with Crippen LogP contribution in [0.5, 0.6) is 0 Å². The van der Waals surface area contributed by atoms with Gasteiger partial charge in [0.2, 0.25) is 0 Å². The van der Waals surface area contributed by atoms with Gasteiger partial charge in [-0.25, -0.2) is 0 Å². The third-order valence-corrected chi connectivity index (χ3v) is 8.12. The van der Waals surface area contributed by atoms with E-state index in [2.05, 4.69) is 92.9 Å². The molecule has 2 aliphatic rings. The second-order valence-electron chi connectivity index (χ2n) is 10.8. The van der Waals surface area contributed by atoms with Crippen molar-refractivity contribution in [2.75, 3.05) is 0 Å². The van der Waals surface area contributed by atoms with E-state index in [1.54, 1.807) is 0 Å². The predicted molar refractivity (Wildman–Crippen MR) is 144 cm³/mol. The Hall–Kier alpha value is -3.28. The topological polar surface area (TPSA) is 36.5 Å². The summed E-state index contributed by atoms with van der Waals surface area (Å²) in [5.74, 6) is 0. The molecule has 0 atom stereocenters. The summed E-state index contributed by atoms with van der Waals surface area (Å²) in [6.45, 7) is 8.41. The lowest BCUT2D eigenvalue weighted by Gasteiger charge is -2.32. The molecule has 1 aliphatic heterocycles. The fourth-order valence-electron chi connectivity index (χ4n) is 5.51. The minimum atomic E-state index is -0.365. The number of benzene rings is 3. The average molecular weight is 461 g/mol. The van der Waals surface area contributed by atoms with Gasteiger partial charge in [-0.3, -0.25) is 0 Å². The highest BCUT2D eigenvalue weighted by Gasteiger charge is 2.51. The highest BCUT2D eigenvalue weighted by Crippen LogP contribution is 2.39. The molecule has 3 aromatic carbocycles. The molecule has 0 N–H and O–H groups in total. The van der Waals surface area contributed by atoms with E-state index < -0.39 is 0 Å². The molecule has 2 aromatic heterocycles. The van der Waals surface area contributed by atoms with Crippen LogP contribution in [0.15, 0.2) is 71.2 Å². The zero-order valence-electron chi connectivity index (χ0n) is 20.6. The Morgan fingerprint density at radius 2 is 1.57 bits per heavy atom. The van der Waals surface area contributed by atoms with Crippen molar-refractivity contribution in [3.8, 4) is 5.69 Å². The predicted octanol–water partition coefficient (Wildman–Crippen LogP) is 6.79. The zero-order valence-corrected chi connectivity index (χ0v) is 20.6. The lowest BCUT2D eigenvalue weighted by molar-refractivity contribution is 0.00578. The van der Waals surface area contributed by atoms with Crippen molar-refractivity contribution in [2.45, 2.75) is 51.7 Å². The van der Waals surface area contributed by atoms with E-state index in [9.17, 15) is 0 Å². The number of nitrogens with zero attached hydrogens (tertiary/aromatic N) is 1. The van der Waals surface area contributed by atoms with E-state index in [0.717, 1.165) is 45.9 Å². The molecule has 35 heavy (non-hydrogen) atoms. The van der Waals surface area contributed by atoms with Gasteiger partial charge in [-0.05, 0) is 88.0 Å². The maximum atomic E-state index is 6.36. The van der Waals surface area contributed by atoms with E-state index in [0.29, 0.717) is 0 Å². The van der Waals surface area contributed by atoms with Crippen molar-refractivity contribution in [3.05, 3.63) is 78.0 Å². The van der Waals surface area contributed by atoms with Crippen LogP contribution in [0.3, 0.4) is 0 Å². The van der Waals surface area contributed by atoms with Crippen LogP contribution in [0.25, 0.3) is 44.6 Å². The first-order valence-electron chi connectivity index (χ1n) is 12.4. The first-order chi connectivity index (χ1) is 16.8. The van der Waals surface area contributed by atoms with Crippen LogP contribution in [0.2, 0.25) is 0 Å². The van der Waals surface area contributed by atoms with Crippen molar-refractivity contribution in [3.63, 3.8) is 0 Å². The van der Waals surface area contributed by atoms with Crippen LogP contribution in [-0.4, -0.2) is 22.9 Å². The Bertz CT molecular complexity index is 1650. The standard InChI is InChI=1S/C30H28BNO3/c1-29(2)30(3,4)35-31(34-29)19-13-15-26-23(17-19)21-9-5-7-11-25(21)32(26)20-14-16-28-24(18-20)22-10-6-8-12-27(22)33-28/h6-8,10-18H,5,9H2,1-4H3. The summed E-state index contributed by atoms with van der Waals surface area (Å²) in [5.41, 5.74) is 7.18. The van der Waals surface area contributed by atoms with Crippen LogP contribution in [0.4, 0.5) is 0 Å². The van der Waals surface area contributed by atoms with Gasteiger partial charge in [0.15, 0.2) is 0 Å². The second-order valence-corrected chi connectivity index (χ2v) is 10.8. The van der Waals surface area contributed by atoms with E-state index in [-0.39, 0.29) is 18.3 Å². The number of aromatic nitrogens is 1. The highest BCUT2D eigenvalue weighted by molar-refractivity contribution is 6.62. The van der Waals surface area contributed by atoms with Gasteiger partial charge in [0.1, 0.15) is 11.2 Å². The molecule has 3 heterocycles. The Balaban J connectivity index is 1.42. The van der Waals surface area contributed by atoms with Crippen LogP contribution >= 0.6 is 0 Å². The molecule has 7 rings (SSSR count). The summed E-state index contributed by atoms with van der Waals surface area (Å²) >= 11 is 0. The van der Waals surface area contributed by atoms with Crippen LogP contribution in [0, 0.1) is 0 Å². The smallest absolute Gasteiger partial charge is 0.456 e. The van der Waals surface area contributed by atoms with Crippen molar-refractivity contribution < 1.29 is 13.7 Å². The molecule has 0 radical (unpaired) electrons. The Morgan fingerprint density at radius 3 is 2.40 bits per heavy atom. The Kier molecular flexibility index (Phi) is 4.28. The van der Waals surface area contributed by atoms with E-state index in [1.165, 1.54) is 22.2 Å². The lowest BCUT2D eigenvalue weighted by atomic mass is 9.78. The molecular formula is C30H28BNO3. The summed E-state index contributed by atoms with van der Waals surface area (Å²) in [6.07, 6.45) is 6.63. The molecular weight excluding hydrogens is 433 g/mol. The Labute approximate surface area is 205 Å². The van der Waals surface area contributed by atoms with Crippen molar-refractivity contribution in [2.24, 2.45) is 0 Å². The van der Waals surface area contributed by atoms with Gasteiger partial charge in [-0.15, -0.1) is 0 Å². The zero-order chi connectivity index (χ0) is 23.9. The number of aryl methyl sites for hydroxylation is 1. The number of para-hydroxylation sites is 1. The monoisotopic (exact) mass is 461 g/mol. The van der Waals surface area contributed by atoms with Crippen molar-refractivity contribution in [1.29, 1.82) is 0 Å². The molecule has 0 amide bonds. The summed E-state index contributed by atoms with van der Waals surface area (Å²) in [6, 6.07) is 21.4. The van der Waals surface area contributed by atoms with Gasteiger partial charge >= 0.3 is 7.12 Å². The number of rotatable bonds is 2. The van der Waals surface area contributed by atoms with E-state index in [1.807, 2.05) is 12.1 Å². The van der Waals surface area contributed by atoms with Gasteiger partial charge in [0.05, 0.1) is 16.7 Å². The number of hydrogen-bond donors (Lipinski definition) is 0. The van der Waals surface area contributed by atoms with Gasteiger partial charge < -0.3 is 18.3 Å². The van der Waals surface area contributed by atoms with Crippen LogP contribution in [-0.2, 0) is 15.7 Å². The fourth-order valence-corrected chi connectivity index (χ4v) is 5.51. The largest absolute Gasteiger partial charge is 0.494 e. The number of fused-ring (bicyclic) bond motifs is 6. The minimum Gasteiger partial charge on any atom is -0.456 e. The first-order valence-corrected chi connectivity index (χ1v) is 12.4. The van der Waals surface area contributed by atoms with Crippen molar-refractivity contribution >= 4 is 51.5 Å². The molecule has 0 bridgehead atoms. The molecule has 0 spiro atoms. The second kappa shape index (κ2) is 7.13. The van der Waals surface area contributed by atoms with Gasteiger partial charge in [0.25, 0.3) is 0 Å². The lowest BCUT2D eigenvalue weighted by Crippen LogP contribution is -2.41. The van der Waals surface area contributed by atoms with Gasteiger partial charge in [-0.2, -0.15) is 0 Å². The maximum absolute atomic E-state index is 6.36. The third kappa shape index (κ3) is 3.01. The molecule has 1 saturated heterocycles. The van der Waals surface area contributed by atoms with E-state index >= 15 is 0 Å². The maximum Gasteiger partial charge on any atom is 0.494 e. The van der Waals surface area contributed by atoms with Crippen LogP contribution in [0.1, 0.15) is 45.4 Å². The molecule has 1 aliphatic carbocycles. The molecule has 1 fully saturated rings. The summed E-state index contributed by atoms with van der Waals surface area (Å²) in [7, 11) is -0.365. The molecule has 174 valence electrons. The van der Waals surface area contributed by atoms with Gasteiger partial charge in [0, 0.05) is 27.5 Å². The van der Waals surface area contributed by atoms with Crippen molar-refractivity contribution in [1.82, 2.24) is 4.57 Å². The highest BCUT2D eigenvalue weighted by atomic mass is 16.7. The minimum absolute atomic E-state index is 0.358. The summed E-state index contributed by atoms with van der Waals surface area (Å²) < 4.78 is 21.2. The SMILES string of the molecule is CC1(C)OB(c2ccc3c(c2)c2c(n3-c3ccc4oc5ccccc5c4c3)C=CCC2)OC1(C)C. The normalized spacial score (nSPS) is 18.7. The number of hydrogen-bond acceptors (Lipinski definition) is 3. The third-order valence-electron chi connectivity index (χ3n) is 8.12. The number of allylic oxidation sites excluding steroid dienone is 1. The molecule has 5 heteroatoms. The summed E-state index contributed by atoms with van der Waals surface area (Å²) in [4.78, 5) is 0. The molecule has 4 nitrogen and oxygen atoms in total. The fraction of sp³-hybridized carbons (Fsp3) is 0.267. The molecule has 0 unspecified atom stereocenters. The van der Waals surface area contributed by atoms with Crippen LogP contribution < -0.4 is 5.46 Å². The van der Waals surface area contributed by atoms with E-state index in [4.69, 9.17) is 13.7 Å². The Morgan fingerprint density at radius 1 is 0.800 bits per heavy atom. The quantitative estimate of drug-likeness (QED) is 0.272. The number of furan rings is 1. The summed E-state index contributed by atoms with van der Waals surface area (Å²) in [5, 5.41) is 3.56. The molecule has 5 aromatic rings. The first kappa shape index (κ1) is 21.0.